The molecule has 0 aliphatic carbocycles. The molecule has 218 valence electrons. The first-order valence-electron chi connectivity index (χ1n) is 14.1. The van der Waals surface area contributed by atoms with E-state index in [2.05, 4.69) is 17.0 Å². The Hall–Kier alpha value is -4.63. The molecule has 4 aromatic rings. The van der Waals surface area contributed by atoms with Crippen molar-refractivity contribution in [3.05, 3.63) is 101 Å². The van der Waals surface area contributed by atoms with Crippen LogP contribution in [0.3, 0.4) is 0 Å². The number of carboxylic acid groups (broad SMARTS) is 1. The Bertz CT molecular complexity index is 1550. The van der Waals surface area contributed by atoms with E-state index in [1.54, 1.807) is 30.3 Å². The maximum Gasteiger partial charge on any atom is 0.331 e. The molecule has 2 aromatic carbocycles. The Labute approximate surface area is 245 Å². The highest BCUT2D eigenvalue weighted by atomic mass is 16.7. The lowest BCUT2D eigenvalue weighted by atomic mass is 10.00. The molecule has 0 saturated heterocycles. The normalized spacial score (nSPS) is 12.6. The van der Waals surface area contributed by atoms with Gasteiger partial charge in [-0.2, -0.15) is 5.10 Å². The number of methoxy groups -OCH3 is 1. The average Bonchev–Trinajstić information content (AvgIpc) is 3.67. The van der Waals surface area contributed by atoms with Crippen LogP contribution in [0, 0.1) is 0 Å². The molecular weight excluding hydrogens is 534 g/mol. The lowest BCUT2D eigenvalue weighted by molar-refractivity contribution is -0.132. The first kappa shape index (κ1) is 28.9. The number of benzene rings is 2. The number of hydrogen-bond acceptors (Lipinski definition) is 7. The molecule has 1 N–H and O–H groups in total. The third kappa shape index (κ3) is 7.16. The van der Waals surface area contributed by atoms with Gasteiger partial charge in [-0.1, -0.05) is 25.5 Å². The fourth-order valence-corrected chi connectivity index (χ4v) is 4.88. The summed E-state index contributed by atoms with van der Waals surface area (Å²) in [4.78, 5) is 16.5. The molecule has 1 aliphatic rings. The number of aliphatic carboxylic acids is 1. The second-order valence-corrected chi connectivity index (χ2v) is 10.1. The highest BCUT2D eigenvalue weighted by Gasteiger charge is 2.19. The van der Waals surface area contributed by atoms with Crippen LogP contribution < -0.4 is 14.2 Å². The summed E-state index contributed by atoms with van der Waals surface area (Å²) in [5, 5.41) is 14.6. The van der Waals surface area contributed by atoms with Gasteiger partial charge in [-0.25, -0.2) is 9.48 Å². The van der Waals surface area contributed by atoms with Crippen molar-refractivity contribution in [3.63, 3.8) is 0 Å². The summed E-state index contributed by atoms with van der Waals surface area (Å²) < 4.78 is 24.5. The number of ether oxygens (including phenoxy) is 4. The molecular formula is C33H35N3O6. The number of unbranched alkanes of at least 4 members (excludes halogenated alkanes) is 1. The molecule has 0 radical (unpaired) electrons. The number of hydrogen-bond donors (Lipinski definition) is 1. The number of pyridine rings is 1. The van der Waals surface area contributed by atoms with E-state index >= 15 is 0 Å². The molecule has 3 heterocycles. The van der Waals surface area contributed by atoms with Gasteiger partial charge in [0.2, 0.25) is 0 Å². The lowest BCUT2D eigenvalue weighted by Gasteiger charge is -2.13. The fourth-order valence-electron chi connectivity index (χ4n) is 4.88. The third-order valence-corrected chi connectivity index (χ3v) is 7.08. The summed E-state index contributed by atoms with van der Waals surface area (Å²) in [6.45, 7) is 3.21. The SMILES string of the molecule is CCCCc1ccc(OCOCc2ccccn2)cc1-n1cc(/C=C(\Cc2cc3c(cc2OC)CCO3)C(=O)O)cn1. The van der Waals surface area contributed by atoms with E-state index in [4.69, 9.17) is 18.9 Å². The smallest absolute Gasteiger partial charge is 0.331 e. The minimum atomic E-state index is -1.00. The average molecular weight is 570 g/mol. The molecule has 0 atom stereocenters. The van der Waals surface area contributed by atoms with Crippen LogP contribution >= 0.6 is 0 Å². The van der Waals surface area contributed by atoms with Gasteiger partial charge in [-0.05, 0) is 54.8 Å². The molecule has 0 bridgehead atoms. The molecule has 0 fully saturated rings. The van der Waals surface area contributed by atoms with Crippen LogP contribution in [-0.4, -0.2) is 46.3 Å². The molecule has 0 saturated carbocycles. The monoisotopic (exact) mass is 569 g/mol. The van der Waals surface area contributed by atoms with E-state index in [-0.39, 0.29) is 18.8 Å². The highest BCUT2D eigenvalue weighted by molar-refractivity contribution is 5.92. The van der Waals surface area contributed by atoms with E-state index in [9.17, 15) is 9.90 Å². The number of aromatic nitrogens is 3. The van der Waals surface area contributed by atoms with Gasteiger partial charge in [0.15, 0.2) is 6.79 Å². The number of rotatable bonds is 14. The van der Waals surface area contributed by atoms with Gasteiger partial charge in [0.1, 0.15) is 17.2 Å². The van der Waals surface area contributed by atoms with Crippen LogP contribution in [0.15, 0.2) is 72.7 Å². The van der Waals surface area contributed by atoms with E-state index in [1.807, 2.05) is 54.7 Å². The van der Waals surface area contributed by atoms with Crippen LogP contribution in [0.4, 0.5) is 0 Å². The predicted molar refractivity (Wildman–Crippen MR) is 158 cm³/mol. The Morgan fingerprint density at radius 3 is 2.86 bits per heavy atom. The third-order valence-electron chi connectivity index (χ3n) is 7.08. The van der Waals surface area contributed by atoms with Gasteiger partial charge >= 0.3 is 5.97 Å². The van der Waals surface area contributed by atoms with Gasteiger partial charge in [-0.3, -0.25) is 4.98 Å². The van der Waals surface area contributed by atoms with Crippen molar-refractivity contribution in [1.82, 2.24) is 14.8 Å². The molecule has 1 aliphatic heterocycles. The van der Waals surface area contributed by atoms with Gasteiger partial charge in [-0.15, -0.1) is 0 Å². The van der Waals surface area contributed by atoms with Crippen molar-refractivity contribution in [2.24, 2.45) is 0 Å². The summed E-state index contributed by atoms with van der Waals surface area (Å²) in [6, 6.07) is 15.4. The van der Waals surface area contributed by atoms with Crippen molar-refractivity contribution in [2.45, 2.75) is 45.6 Å². The molecule has 9 nitrogen and oxygen atoms in total. The van der Waals surface area contributed by atoms with Crippen molar-refractivity contribution in [1.29, 1.82) is 0 Å². The van der Waals surface area contributed by atoms with E-state index < -0.39 is 5.97 Å². The Morgan fingerprint density at radius 1 is 1.17 bits per heavy atom. The molecule has 2 aromatic heterocycles. The van der Waals surface area contributed by atoms with Crippen molar-refractivity contribution < 1.29 is 28.8 Å². The predicted octanol–water partition coefficient (Wildman–Crippen LogP) is 5.82. The van der Waals surface area contributed by atoms with E-state index in [0.717, 1.165) is 59.5 Å². The molecule has 5 rings (SSSR count). The molecule has 0 amide bonds. The summed E-state index contributed by atoms with van der Waals surface area (Å²) in [5.74, 6) is 1.09. The fraction of sp³-hybridized carbons (Fsp3) is 0.303. The Kier molecular flexibility index (Phi) is 9.51. The lowest BCUT2D eigenvalue weighted by Crippen LogP contribution is -2.06. The second kappa shape index (κ2) is 13.8. The van der Waals surface area contributed by atoms with Crippen molar-refractivity contribution in [2.75, 3.05) is 20.5 Å². The number of fused-ring (bicyclic) bond motifs is 1. The highest BCUT2D eigenvalue weighted by Crippen LogP contribution is 2.34. The number of carboxylic acids is 1. The van der Waals surface area contributed by atoms with Gasteiger partial charge < -0.3 is 24.1 Å². The van der Waals surface area contributed by atoms with Crippen LogP contribution in [-0.2, 0) is 35.4 Å². The van der Waals surface area contributed by atoms with Gasteiger partial charge in [0.05, 0.1) is 37.9 Å². The first-order chi connectivity index (χ1) is 20.5. The summed E-state index contributed by atoms with van der Waals surface area (Å²) >= 11 is 0. The summed E-state index contributed by atoms with van der Waals surface area (Å²) in [5.41, 5.74) is 5.56. The van der Waals surface area contributed by atoms with Gasteiger partial charge in [0, 0.05) is 53.6 Å². The van der Waals surface area contributed by atoms with E-state index in [0.29, 0.717) is 30.3 Å². The van der Waals surface area contributed by atoms with E-state index in [1.165, 1.54) is 0 Å². The quantitative estimate of drug-likeness (QED) is 0.115. The topological polar surface area (TPSA) is 105 Å². The molecule has 0 unspecified atom stereocenters. The minimum absolute atomic E-state index is 0.0799. The second-order valence-electron chi connectivity index (χ2n) is 10.1. The Morgan fingerprint density at radius 2 is 2.07 bits per heavy atom. The molecule has 0 spiro atoms. The summed E-state index contributed by atoms with van der Waals surface area (Å²) in [7, 11) is 1.59. The van der Waals surface area contributed by atoms with Crippen molar-refractivity contribution >= 4 is 12.0 Å². The number of nitrogens with zero attached hydrogens (tertiary/aromatic N) is 3. The van der Waals surface area contributed by atoms with Crippen molar-refractivity contribution in [3.8, 4) is 22.9 Å². The van der Waals surface area contributed by atoms with Crippen LogP contribution in [0.1, 0.15) is 47.7 Å². The summed E-state index contributed by atoms with van der Waals surface area (Å²) in [6.07, 6.45) is 10.9. The molecule has 9 heteroatoms. The first-order valence-corrected chi connectivity index (χ1v) is 14.1. The van der Waals surface area contributed by atoms with Crippen LogP contribution in [0.25, 0.3) is 11.8 Å². The van der Waals surface area contributed by atoms with Crippen LogP contribution in [0.2, 0.25) is 0 Å². The largest absolute Gasteiger partial charge is 0.496 e. The maximum atomic E-state index is 12.3. The number of carbonyl (C=O) groups is 1. The zero-order valence-corrected chi connectivity index (χ0v) is 23.9. The standard InChI is InChI=1S/C33H35N3O6/c1-3-4-7-24-9-10-29(42-22-40-21-28-8-5-6-12-34-28)18-30(24)36-20-23(19-35-36)14-27(33(37)38)15-26-17-32-25(11-13-41-32)16-31(26)39-2/h5-6,8-10,12,14,16-20H,3-4,7,11,13,15,21-22H2,1-2H3,(H,37,38)/b27-14+. The minimum Gasteiger partial charge on any atom is -0.496 e. The maximum absolute atomic E-state index is 12.3. The Balaban J connectivity index is 1.34. The molecule has 42 heavy (non-hydrogen) atoms. The number of aryl methyl sites for hydroxylation is 1. The van der Waals surface area contributed by atoms with Gasteiger partial charge in [0.25, 0.3) is 0 Å². The van der Waals surface area contributed by atoms with Crippen LogP contribution in [0.5, 0.6) is 17.2 Å². The zero-order valence-electron chi connectivity index (χ0n) is 23.9. The zero-order chi connectivity index (χ0) is 29.3.